The van der Waals surface area contributed by atoms with Gasteiger partial charge in [-0.3, -0.25) is 14.9 Å². The first-order valence-electron chi connectivity index (χ1n) is 5.27. The Labute approximate surface area is 99.0 Å². The molecule has 0 saturated heterocycles. The monoisotopic (exact) mass is 237 g/mol. The standard InChI is InChI=1S/C11H15N3O3/c1-3-8(12)11(15)13-9-5-4-7(2)6-10(9)14(16)17/h4-6,8H,3,12H2,1-2H3,(H,13,15)/t8-/m1/s1. The number of rotatable bonds is 4. The maximum Gasteiger partial charge on any atom is 0.293 e. The van der Waals surface area contributed by atoms with Crippen LogP contribution in [0.15, 0.2) is 18.2 Å². The predicted octanol–water partition coefficient (Wildman–Crippen LogP) is 1.58. The highest BCUT2D eigenvalue weighted by atomic mass is 16.6. The van der Waals surface area contributed by atoms with Gasteiger partial charge in [0.25, 0.3) is 5.69 Å². The zero-order valence-electron chi connectivity index (χ0n) is 9.77. The first-order valence-corrected chi connectivity index (χ1v) is 5.27. The molecule has 1 aromatic rings. The van der Waals surface area contributed by atoms with Crippen LogP contribution in [0.1, 0.15) is 18.9 Å². The van der Waals surface area contributed by atoms with Crippen LogP contribution in [0.3, 0.4) is 0 Å². The van der Waals surface area contributed by atoms with Gasteiger partial charge in [-0.05, 0) is 25.0 Å². The molecule has 3 N–H and O–H groups in total. The van der Waals surface area contributed by atoms with E-state index >= 15 is 0 Å². The fourth-order valence-corrected chi connectivity index (χ4v) is 1.31. The Bertz CT molecular complexity index is 446. The van der Waals surface area contributed by atoms with Crippen LogP contribution in [0, 0.1) is 17.0 Å². The smallest absolute Gasteiger partial charge is 0.293 e. The zero-order valence-corrected chi connectivity index (χ0v) is 9.77. The molecule has 92 valence electrons. The number of hydrogen-bond acceptors (Lipinski definition) is 4. The summed E-state index contributed by atoms with van der Waals surface area (Å²) in [6.45, 7) is 3.52. The van der Waals surface area contributed by atoms with Crippen molar-refractivity contribution >= 4 is 17.3 Å². The number of aryl methyl sites for hydroxylation is 1. The second-order valence-electron chi connectivity index (χ2n) is 3.78. The minimum atomic E-state index is -0.657. The molecule has 1 amide bonds. The molecule has 0 spiro atoms. The summed E-state index contributed by atoms with van der Waals surface area (Å²) in [5.74, 6) is -0.417. The predicted molar refractivity (Wildman–Crippen MR) is 64.7 cm³/mol. The van der Waals surface area contributed by atoms with Crippen molar-refractivity contribution < 1.29 is 9.72 Å². The van der Waals surface area contributed by atoms with Crippen molar-refractivity contribution in [1.82, 2.24) is 0 Å². The average Bonchev–Trinajstić information content (AvgIpc) is 2.29. The highest BCUT2D eigenvalue weighted by molar-refractivity contribution is 5.96. The molecule has 6 nitrogen and oxygen atoms in total. The number of nitrogens with one attached hydrogen (secondary N) is 1. The third-order valence-electron chi connectivity index (χ3n) is 2.38. The normalized spacial score (nSPS) is 11.9. The van der Waals surface area contributed by atoms with E-state index in [1.165, 1.54) is 12.1 Å². The van der Waals surface area contributed by atoms with E-state index in [4.69, 9.17) is 5.73 Å². The van der Waals surface area contributed by atoms with E-state index < -0.39 is 16.9 Å². The number of amides is 1. The average molecular weight is 237 g/mol. The summed E-state index contributed by atoms with van der Waals surface area (Å²) in [4.78, 5) is 21.8. The molecule has 0 unspecified atom stereocenters. The van der Waals surface area contributed by atoms with E-state index in [1.54, 1.807) is 19.9 Å². The minimum Gasteiger partial charge on any atom is -0.320 e. The fraction of sp³-hybridized carbons (Fsp3) is 0.364. The van der Waals surface area contributed by atoms with Gasteiger partial charge in [-0.15, -0.1) is 0 Å². The summed E-state index contributed by atoms with van der Waals surface area (Å²) in [6, 6.07) is 3.96. The molecule has 6 heteroatoms. The second-order valence-corrected chi connectivity index (χ2v) is 3.78. The van der Waals surface area contributed by atoms with Gasteiger partial charge in [0, 0.05) is 6.07 Å². The number of nitro benzene ring substituents is 1. The molecule has 0 radical (unpaired) electrons. The van der Waals surface area contributed by atoms with Gasteiger partial charge in [-0.1, -0.05) is 13.0 Å². The third-order valence-corrected chi connectivity index (χ3v) is 2.38. The van der Waals surface area contributed by atoms with Crippen molar-refractivity contribution in [1.29, 1.82) is 0 Å². The molecule has 0 fully saturated rings. The maximum atomic E-state index is 11.5. The molecule has 17 heavy (non-hydrogen) atoms. The van der Waals surface area contributed by atoms with E-state index in [1.807, 2.05) is 0 Å². The first kappa shape index (κ1) is 13.1. The number of benzene rings is 1. The van der Waals surface area contributed by atoms with E-state index in [-0.39, 0.29) is 11.4 Å². The van der Waals surface area contributed by atoms with Crippen LogP contribution in [0.25, 0.3) is 0 Å². The van der Waals surface area contributed by atoms with Crippen molar-refractivity contribution in [2.24, 2.45) is 5.73 Å². The van der Waals surface area contributed by atoms with Crippen LogP contribution in [0.5, 0.6) is 0 Å². The SMILES string of the molecule is CC[C@@H](N)C(=O)Nc1ccc(C)cc1[N+](=O)[O-]. The molecular formula is C11H15N3O3. The molecule has 1 rings (SSSR count). The minimum absolute atomic E-state index is 0.123. The van der Waals surface area contributed by atoms with Crippen LogP contribution in [-0.4, -0.2) is 16.9 Å². The number of carbonyl (C=O) groups excluding carboxylic acids is 1. The van der Waals surface area contributed by atoms with E-state index in [2.05, 4.69) is 5.32 Å². The van der Waals surface area contributed by atoms with Gasteiger partial charge in [-0.25, -0.2) is 0 Å². The summed E-state index contributed by atoms with van der Waals surface area (Å²) in [5, 5.41) is 13.3. The Kier molecular flexibility index (Phi) is 4.17. The fourth-order valence-electron chi connectivity index (χ4n) is 1.31. The van der Waals surface area contributed by atoms with Gasteiger partial charge in [-0.2, -0.15) is 0 Å². The van der Waals surface area contributed by atoms with Crippen LogP contribution < -0.4 is 11.1 Å². The molecular weight excluding hydrogens is 222 g/mol. The summed E-state index contributed by atoms with van der Waals surface area (Å²) in [5.41, 5.74) is 6.35. The Morgan fingerprint density at radius 1 is 1.59 bits per heavy atom. The molecule has 0 aliphatic carbocycles. The topological polar surface area (TPSA) is 98.3 Å². The van der Waals surface area contributed by atoms with Crippen molar-refractivity contribution in [3.8, 4) is 0 Å². The van der Waals surface area contributed by atoms with E-state index in [0.29, 0.717) is 6.42 Å². The lowest BCUT2D eigenvalue weighted by atomic mass is 10.1. The third kappa shape index (κ3) is 3.25. The molecule has 0 aliphatic rings. The number of carbonyl (C=O) groups is 1. The van der Waals surface area contributed by atoms with Gasteiger partial charge < -0.3 is 11.1 Å². The van der Waals surface area contributed by atoms with E-state index in [0.717, 1.165) is 5.56 Å². The first-order chi connectivity index (χ1) is 7.95. The number of hydrogen-bond donors (Lipinski definition) is 2. The van der Waals surface area contributed by atoms with Gasteiger partial charge in [0.15, 0.2) is 0 Å². The lowest BCUT2D eigenvalue weighted by Crippen LogP contribution is -2.34. The van der Waals surface area contributed by atoms with Crippen LogP contribution in [0.2, 0.25) is 0 Å². The molecule has 0 saturated carbocycles. The Hall–Kier alpha value is -1.95. The van der Waals surface area contributed by atoms with Crippen LogP contribution in [0.4, 0.5) is 11.4 Å². The molecule has 1 aromatic carbocycles. The Morgan fingerprint density at radius 2 is 2.24 bits per heavy atom. The van der Waals surface area contributed by atoms with Gasteiger partial charge >= 0.3 is 0 Å². The maximum absolute atomic E-state index is 11.5. The summed E-state index contributed by atoms with van der Waals surface area (Å²) in [6.07, 6.45) is 0.478. The van der Waals surface area contributed by atoms with Gasteiger partial charge in [0.1, 0.15) is 5.69 Å². The quantitative estimate of drug-likeness (QED) is 0.613. The number of nitro groups is 1. The Balaban J connectivity index is 2.98. The summed E-state index contributed by atoms with van der Waals surface area (Å²) >= 11 is 0. The highest BCUT2D eigenvalue weighted by Crippen LogP contribution is 2.25. The van der Waals surface area contributed by atoms with Gasteiger partial charge in [0.05, 0.1) is 11.0 Å². The highest BCUT2D eigenvalue weighted by Gasteiger charge is 2.18. The summed E-state index contributed by atoms with van der Waals surface area (Å²) in [7, 11) is 0. The van der Waals surface area contributed by atoms with Crippen LogP contribution in [-0.2, 0) is 4.79 Å². The van der Waals surface area contributed by atoms with Crippen LogP contribution >= 0.6 is 0 Å². The van der Waals surface area contributed by atoms with Gasteiger partial charge in [0.2, 0.25) is 5.91 Å². The number of anilines is 1. The lowest BCUT2D eigenvalue weighted by molar-refractivity contribution is -0.384. The number of nitrogens with two attached hydrogens (primary N) is 1. The van der Waals surface area contributed by atoms with Crippen molar-refractivity contribution in [3.05, 3.63) is 33.9 Å². The Morgan fingerprint density at radius 3 is 2.76 bits per heavy atom. The molecule has 0 heterocycles. The molecule has 0 aromatic heterocycles. The number of nitrogens with zero attached hydrogens (tertiary/aromatic N) is 1. The largest absolute Gasteiger partial charge is 0.320 e. The summed E-state index contributed by atoms with van der Waals surface area (Å²) < 4.78 is 0. The molecule has 0 aliphatic heterocycles. The van der Waals surface area contributed by atoms with Crippen molar-refractivity contribution in [3.63, 3.8) is 0 Å². The van der Waals surface area contributed by atoms with E-state index in [9.17, 15) is 14.9 Å². The zero-order chi connectivity index (χ0) is 13.0. The lowest BCUT2D eigenvalue weighted by Gasteiger charge is -2.10. The second kappa shape index (κ2) is 5.40. The molecule has 1 atom stereocenters. The van der Waals surface area contributed by atoms with Crippen molar-refractivity contribution in [2.45, 2.75) is 26.3 Å². The molecule has 0 bridgehead atoms. The van der Waals surface area contributed by atoms with Crippen molar-refractivity contribution in [2.75, 3.05) is 5.32 Å².